The molecule has 6 aromatic rings. The molecular formula is C57H53N5O12S2. The molecule has 0 spiro atoms. The standard InChI is InChI=1S/C57H53N5O12S2/c1-35(63)72-45-29-25-37(30-46(45)73-36(2)64)22-26-39-33-75-53-49(52(67)62(53)50(39)54(68)70-31-38-23-27-43(69-6)28-24-38)59-51(66)48(61-71-32-47(65)74-56(3,4)5)44-34-76-55(58-44)60-57(40-16-10-7-11-17-40,41-18-12-8-13-19-41)42-20-14-9-15-21-42/h7-30,34,49,53H,31-33H2,1-6H3,(H,58,60)(H,59,66)/b26-22?,61-48-/t49-,53-/m1/s1. The zero-order valence-electron chi connectivity index (χ0n) is 42.3. The molecule has 1 saturated heterocycles. The number of allylic oxidation sites excluding steroid dienone is 1. The summed E-state index contributed by atoms with van der Waals surface area (Å²) in [7, 11) is 1.54. The molecule has 19 heteroatoms. The van der Waals surface area contributed by atoms with Crippen molar-refractivity contribution in [3.8, 4) is 17.2 Å². The number of hydrogen-bond donors (Lipinski definition) is 2. The summed E-state index contributed by atoms with van der Waals surface area (Å²) < 4.78 is 27.0. The van der Waals surface area contributed by atoms with Gasteiger partial charge in [0.1, 0.15) is 46.3 Å². The van der Waals surface area contributed by atoms with Gasteiger partial charge in [-0.15, -0.1) is 23.1 Å². The maximum absolute atomic E-state index is 14.6. The highest BCUT2D eigenvalue weighted by molar-refractivity contribution is 8.00. The number of amides is 2. The molecule has 1 aromatic heterocycles. The number of esters is 4. The van der Waals surface area contributed by atoms with Crippen molar-refractivity contribution in [1.29, 1.82) is 0 Å². The van der Waals surface area contributed by atoms with Gasteiger partial charge in [-0.05, 0) is 78.4 Å². The minimum Gasteiger partial charge on any atom is -0.497 e. The number of oxime groups is 1. The van der Waals surface area contributed by atoms with Crippen LogP contribution in [0.15, 0.2) is 161 Å². The number of ether oxygens (including phenoxy) is 5. The van der Waals surface area contributed by atoms with E-state index < -0.39 is 64.9 Å². The van der Waals surface area contributed by atoms with Gasteiger partial charge in [-0.1, -0.05) is 127 Å². The molecule has 0 radical (unpaired) electrons. The van der Waals surface area contributed by atoms with E-state index in [-0.39, 0.29) is 41.0 Å². The van der Waals surface area contributed by atoms with Crippen molar-refractivity contribution in [2.75, 3.05) is 24.8 Å². The largest absolute Gasteiger partial charge is 0.497 e. The lowest BCUT2D eigenvalue weighted by Crippen LogP contribution is -2.71. The number of anilines is 1. The number of β-lactam (4-membered cyclic amide) rings is 1. The highest BCUT2D eigenvalue weighted by atomic mass is 32.2. The molecule has 2 aliphatic heterocycles. The van der Waals surface area contributed by atoms with Crippen molar-refractivity contribution in [1.82, 2.24) is 15.2 Å². The molecule has 3 heterocycles. The molecule has 17 nitrogen and oxygen atoms in total. The first-order valence-electron chi connectivity index (χ1n) is 23.8. The summed E-state index contributed by atoms with van der Waals surface area (Å²) in [6.45, 7) is 6.76. The van der Waals surface area contributed by atoms with E-state index in [2.05, 4.69) is 15.8 Å². The Morgan fingerprint density at radius 1 is 0.789 bits per heavy atom. The van der Waals surface area contributed by atoms with E-state index >= 15 is 0 Å². The molecule has 1 fully saturated rings. The molecule has 2 atom stereocenters. The third kappa shape index (κ3) is 12.7. The van der Waals surface area contributed by atoms with Crippen molar-refractivity contribution in [3.63, 3.8) is 0 Å². The van der Waals surface area contributed by atoms with Crippen molar-refractivity contribution in [2.24, 2.45) is 5.16 Å². The Morgan fingerprint density at radius 2 is 1.39 bits per heavy atom. The Kier molecular flexibility index (Phi) is 16.8. The van der Waals surface area contributed by atoms with Crippen LogP contribution in [0.2, 0.25) is 0 Å². The second-order valence-corrected chi connectivity index (χ2v) is 20.2. The van der Waals surface area contributed by atoms with Crippen LogP contribution in [0.3, 0.4) is 0 Å². The van der Waals surface area contributed by atoms with Gasteiger partial charge >= 0.3 is 23.9 Å². The molecule has 390 valence electrons. The Labute approximate surface area is 446 Å². The van der Waals surface area contributed by atoms with Gasteiger partial charge in [-0.2, -0.15) is 0 Å². The number of hydrogen-bond acceptors (Lipinski definition) is 17. The normalized spacial score (nSPS) is 15.5. The topological polar surface area (TPSA) is 210 Å². The van der Waals surface area contributed by atoms with Gasteiger partial charge in [0.15, 0.2) is 22.3 Å². The molecule has 2 N–H and O–H groups in total. The summed E-state index contributed by atoms with van der Waals surface area (Å²) in [5.41, 5.74) is 2.20. The number of fused-ring (bicyclic) bond motifs is 1. The summed E-state index contributed by atoms with van der Waals surface area (Å²) in [6.07, 6.45) is 3.27. The summed E-state index contributed by atoms with van der Waals surface area (Å²) >= 11 is 2.49. The van der Waals surface area contributed by atoms with Crippen LogP contribution in [-0.2, 0) is 55.2 Å². The SMILES string of the molecule is COc1ccc(COC(=O)C2=C(C=Cc3ccc(OC(C)=O)c(OC(C)=O)c3)CS[C@@H]3[C@H](NC(=O)/C(=N\OCC(=O)OC(C)(C)C)c4csc(NC(c5ccccc5)(c5ccccc5)c5ccccc5)n4)C(=O)N23)cc1. The van der Waals surface area contributed by atoms with Crippen LogP contribution in [0.1, 0.15) is 68.1 Å². The van der Waals surface area contributed by atoms with Gasteiger partial charge in [0.25, 0.3) is 11.8 Å². The van der Waals surface area contributed by atoms with Crippen LogP contribution in [0.25, 0.3) is 6.08 Å². The van der Waals surface area contributed by atoms with Crippen LogP contribution in [0, 0.1) is 0 Å². The van der Waals surface area contributed by atoms with Crippen LogP contribution in [0.5, 0.6) is 17.2 Å². The predicted octanol–water partition coefficient (Wildman–Crippen LogP) is 8.58. The lowest BCUT2D eigenvalue weighted by Gasteiger charge is -2.49. The summed E-state index contributed by atoms with van der Waals surface area (Å²) in [5.74, 6) is -3.44. The Bertz CT molecular complexity index is 3110. The maximum Gasteiger partial charge on any atom is 0.355 e. The lowest BCUT2D eigenvalue weighted by molar-refractivity contribution is -0.160. The predicted molar refractivity (Wildman–Crippen MR) is 286 cm³/mol. The lowest BCUT2D eigenvalue weighted by atomic mass is 9.77. The van der Waals surface area contributed by atoms with Gasteiger partial charge in [0, 0.05) is 25.0 Å². The molecule has 0 aliphatic carbocycles. The first-order valence-corrected chi connectivity index (χ1v) is 25.8. The second-order valence-electron chi connectivity index (χ2n) is 18.2. The van der Waals surface area contributed by atoms with E-state index in [9.17, 15) is 28.8 Å². The minimum absolute atomic E-state index is 0.00417. The van der Waals surface area contributed by atoms with Crippen LogP contribution in [0.4, 0.5) is 5.13 Å². The Morgan fingerprint density at radius 3 is 1.97 bits per heavy atom. The number of nitrogens with one attached hydrogen (secondary N) is 2. The van der Waals surface area contributed by atoms with Crippen molar-refractivity contribution >= 4 is 75.7 Å². The molecule has 0 saturated carbocycles. The number of benzene rings is 5. The highest BCUT2D eigenvalue weighted by Gasteiger charge is 2.54. The molecule has 76 heavy (non-hydrogen) atoms. The number of rotatable bonds is 19. The highest BCUT2D eigenvalue weighted by Crippen LogP contribution is 2.43. The number of carbonyl (C=O) groups excluding carboxylic acids is 6. The van der Waals surface area contributed by atoms with Crippen molar-refractivity contribution in [3.05, 3.63) is 190 Å². The quantitative estimate of drug-likeness (QED) is 0.0194. The molecule has 8 rings (SSSR count). The van der Waals surface area contributed by atoms with Crippen LogP contribution >= 0.6 is 23.1 Å². The van der Waals surface area contributed by atoms with Gasteiger partial charge in [0.05, 0.1) is 7.11 Å². The number of thiazole rings is 1. The average molecular weight is 1060 g/mol. The van der Waals surface area contributed by atoms with Gasteiger partial charge in [0.2, 0.25) is 6.61 Å². The van der Waals surface area contributed by atoms with Crippen molar-refractivity contribution < 1.29 is 57.3 Å². The fourth-order valence-electron chi connectivity index (χ4n) is 8.31. The first kappa shape index (κ1) is 53.7. The number of aromatic nitrogens is 1. The molecular weight excluding hydrogens is 1010 g/mol. The number of nitrogens with zero attached hydrogens (tertiary/aromatic N) is 3. The Hall–Kier alpha value is -8.55. The maximum atomic E-state index is 14.6. The van der Waals surface area contributed by atoms with E-state index in [1.54, 1.807) is 68.6 Å². The molecule has 5 aromatic carbocycles. The fraction of sp³-hybridized carbons (Fsp3) is 0.228. The first-order chi connectivity index (χ1) is 36.5. The van der Waals surface area contributed by atoms with E-state index in [4.69, 9.17) is 33.5 Å². The van der Waals surface area contributed by atoms with Gasteiger partial charge in [-0.25, -0.2) is 14.6 Å². The smallest absolute Gasteiger partial charge is 0.355 e. The average Bonchev–Trinajstić information content (AvgIpc) is 3.91. The third-order valence-electron chi connectivity index (χ3n) is 11.6. The zero-order valence-corrected chi connectivity index (χ0v) is 43.9. The van der Waals surface area contributed by atoms with Gasteiger partial charge < -0.3 is 39.2 Å². The second kappa shape index (κ2) is 23.8. The molecule has 0 unspecified atom stereocenters. The van der Waals surface area contributed by atoms with E-state index in [0.717, 1.165) is 16.7 Å². The summed E-state index contributed by atoms with van der Waals surface area (Å²) in [5, 5.41) is 11.9. The monoisotopic (exact) mass is 1060 g/mol. The van der Waals surface area contributed by atoms with Crippen molar-refractivity contribution in [2.45, 2.75) is 63.8 Å². The molecule has 2 aliphatic rings. The van der Waals surface area contributed by atoms with E-state index in [1.807, 2.05) is 91.0 Å². The third-order valence-corrected chi connectivity index (χ3v) is 13.7. The number of carbonyl (C=O) groups is 6. The zero-order chi connectivity index (χ0) is 54.0. The summed E-state index contributed by atoms with van der Waals surface area (Å²) in [4.78, 5) is 91.3. The van der Waals surface area contributed by atoms with Crippen LogP contribution < -0.4 is 24.8 Å². The van der Waals surface area contributed by atoms with Gasteiger partial charge in [-0.3, -0.25) is 24.1 Å². The number of thioether (sulfide) groups is 1. The van der Waals surface area contributed by atoms with Crippen LogP contribution in [-0.4, -0.2) is 87.8 Å². The van der Waals surface area contributed by atoms with E-state index in [1.165, 1.54) is 61.1 Å². The number of methoxy groups -OCH3 is 1. The summed E-state index contributed by atoms with van der Waals surface area (Å²) in [6, 6.07) is 40.0. The molecule has 2 amide bonds. The Balaban J connectivity index is 1.10. The van der Waals surface area contributed by atoms with E-state index in [0.29, 0.717) is 27.6 Å². The minimum atomic E-state index is -1.17. The molecule has 0 bridgehead atoms. The fourth-order valence-corrected chi connectivity index (χ4v) is 10.4.